The van der Waals surface area contributed by atoms with Crippen molar-refractivity contribution in [1.82, 2.24) is 19.6 Å². The Morgan fingerprint density at radius 2 is 1.50 bits per heavy atom. The zero-order valence-electron chi connectivity index (χ0n) is 16.6. The molecule has 146 valence electrons. The van der Waals surface area contributed by atoms with Crippen molar-refractivity contribution in [3.63, 3.8) is 0 Å². The fourth-order valence-corrected chi connectivity index (χ4v) is 6.57. The highest BCUT2D eigenvalue weighted by molar-refractivity contribution is 7.99. The maximum absolute atomic E-state index is 2.70. The molecule has 5 aliphatic rings. The van der Waals surface area contributed by atoms with E-state index in [0.29, 0.717) is 12.1 Å². The molecule has 4 heterocycles. The normalized spacial score (nSPS) is 35.8. The van der Waals surface area contributed by atoms with Gasteiger partial charge in [-0.25, -0.2) is 0 Å². The van der Waals surface area contributed by atoms with Crippen molar-refractivity contribution in [3.8, 4) is 0 Å². The summed E-state index contributed by atoms with van der Waals surface area (Å²) >= 11 is 1.89. The summed E-state index contributed by atoms with van der Waals surface area (Å²) in [6.45, 7) is 7.88. The van der Waals surface area contributed by atoms with Crippen LogP contribution in [0.25, 0.3) is 0 Å². The van der Waals surface area contributed by atoms with Gasteiger partial charge in [0.05, 0.1) is 39.5 Å². The van der Waals surface area contributed by atoms with Crippen LogP contribution in [0.4, 0.5) is 0 Å². The summed E-state index contributed by atoms with van der Waals surface area (Å²) in [5.74, 6) is 0.657. The summed E-state index contributed by atoms with van der Waals surface area (Å²) in [5, 5.41) is 0. The molecule has 1 unspecified atom stereocenters. The molecule has 4 saturated heterocycles. The number of hydrogen-bond donors (Lipinski definition) is 0. The smallest absolute Gasteiger partial charge is 0.0736 e. The van der Waals surface area contributed by atoms with E-state index in [4.69, 9.17) is 0 Å². The lowest BCUT2D eigenvalue weighted by atomic mass is 9.80. The molecule has 2 aromatic rings. The molecule has 4 bridgehead atoms. The summed E-state index contributed by atoms with van der Waals surface area (Å²) in [6, 6.07) is 16.2. The molecule has 28 heavy (non-hydrogen) atoms. The first-order chi connectivity index (χ1) is 13.7. The van der Waals surface area contributed by atoms with Gasteiger partial charge in [-0.2, -0.15) is 0 Å². The molecule has 7 rings (SSSR count). The molecule has 0 spiro atoms. The van der Waals surface area contributed by atoms with E-state index in [1.807, 2.05) is 11.8 Å². The molecule has 1 aliphatic carbocycles. The van der Waals surface area contributed by atoms with Crippen molar-refractivity contribution in [1.29, 1.82) is 0 Å². The highest BCUT2D eigenvalue weighted by Gasteiger charge is 2.47. The third-order valence-electron chi connectivity index (χ3n) is 6.77. The van der Waals surface area contributed by atoms with Gasteiger partial charge in [0.15, 0.2) is 0 Å². The minimum absolute atomic E-state index is 0.586. The number of nitrogens with zero attached hydrogens (tertiary/aromatic N) is 4. The summed E-state index contributed by atoms with van der Waals surface area (Å²) < 4.78 is 0. The Morgan fingerprint density at radius 1 is 0.821 bits per heavy atom. The van der Waals surface area contributed by atoms with Crippen molar-refractivity contribution in [2.45, 2.75) is 48.1 Å². The van der Waals surface area contributed by atoms with Gasteiger partial charge >= 0.3 is 0 Å². The molecule has 0 amide bonds. The molecule has 4 aliphatic heterocycles. The Labute approximate surface area is 172 Å². The van der Waals surface area contributed by atoms with Gasteiger partial charge in [0.25, 0.3) is 0 Å². The predicted molar refractivity (Wildman–Crippen MR) is 113 cm³/mol. The van der Waals surface area contributed by atoms with Crippen LogP contribution in [-0.2, 0) is 6.42 Å². The molecule has 5 heteroatoms. The Morgan fingerprint density at radius 3 is 2.21 bits per heavy atom. The van der Waals surface area contributed by atoms with Crippen molar-refractivity contribution < 1.29 is 0 Å². The quantitative estimate of drug-likeness (QED) is 0.783. The molecule has 4 nitrogen and oxygen atoms in total. The van der Waals surface area contributed by atoms with E-state index in [2.05, 4.69) is 69.0 Å². The second kappa shape index (κ2) is 6.85. The minimum atomic E-state index is 0.586. The third-order valence-corrected chi connectivity index (χ3v) is 7.76. The maximum atomic E-state index is 2.70. The Hall–Kier alpha value is -1.37. The van der Waals surface area contributed by atoms with Crippen molar-refractivity contribution in [2.75, 3.05) is 33.3 Å². The number of rotatable bonds is 3. The van der Waals surface area contributed by atoms with Gasteiger partial charge in [-0.3, -0.25) is 19.6 Å². The van der Waals surface area contributed by atoms with E-state index in [1.165, 1.54) is 34.6 Å². The Balaban J connectivity index is 1.27. The second-order valence-corrected chi connectivity index (χ2v) is 10.1. The number of fused-ring (bicyclic) bond motifs is 1. The molecule has 2 aromatic carbocycles. The summed E-state index contributed by atoms with van der Waals surface area (Å²) in [5.41, 5.74) is 4.53. The monoisotopic (exact) mass is 392 g/mol. The van der Waals surface area contributed by atoms with Gasteiger partial charge in [0.2, 0.25) is 0 Å². The van der Waals surface area contributed by atoms with Gasteiger partial charge in [-0.05, 0) is 61.6 Å². The summed E-state index contributed by atoms with van der Waals surface area (Å²) in [7, 11) is 0. The van der Waals surface area contributed by atoms with Crippen LogP contribution in [0.15, 0.2) is 52.3 Å². The minimum Gasteiger partial charge on any atom is -0.264 e. The first-order valence-corrected chi connectivity index (χ1v) is 11.3. The van der Waals surface area contributed by atoms with E-state index >= 15 is 0 Å². The van der Waals surface area contributed by atoms with Gasteiger partial charge in [-0.1, -0.05) is 35.5 Å². The van der Waals surface area contributed by atoms with Gasteiger partial charge < -0.3 is 0 Å². The van der Waals surface area contributed by atoms with Gasteiger partial charge in [-0.15, -0.1) is 0 Å². The molecular formula is C23H28N4S. The van der Waals surface area contributed by atoms with Gasteiger partial charge in [0, 0.05) is 15.7 Å². The van der Waals surface area contributed by atoms with Crippen LogP contribution in [0, 0.1) is 6.92 Å². The highest BCUT2D eigenvalue weighted by atomic mass is 32.2. The van der Waals surface area contributed by atoms with Crippen molar-refractivity contribution in [2.24, 2.45) is 0 Å². The fraction of sp³-hybridized carbons (Fsp3) is 0.478. The number of aryl methyl sites for hydroxylation is 2. The number of benzene rings is 2. The van der Waals surface area contributed by atoms with Crippen LogP contribution in [-0.4, -0.2) is 59.1 Å². The van der Waals surface area contributed by atoms with Crippen LogP contribution in [0.1, 0.15) is 35.4 Å². The molecule has 0 aromatic heterocycles. The Bertz CT molecular complexity index is 853. The first kappa shape index (κ1) is 17.5. The zero-order chi connectivity index (χ0) is 18.7. The van der Waals surface area contributed by atoms with Crippen LogP contribution in [0.3, 0.4) is 0 Å². The molecule has 1 atom stereocenters. The van der Waals surface area contributed by atoms with Crippen molar-refractivity contribution >= 4 is 11.8 Å². The van der Waals surface area contributed by atoms with E-state index in [1.54, 1.807) is 11.1 Å². The van der Waals surface area contributed by atoms with E-state index in [0.717, 1.165) is 33.3 Å². The second-order valence-electron chi connectivity index (χ2n) is 8.91. The average Bonchev–Trinajstić information content (AvgIpc) is 2.69. The van der Waals surface area contributed by atoms with Gasteiger partial charge in [0.1, 0.15) is 0 Å². The summed E-state index contributed by atoms with van der Waals surface area (Å²) in [4.78, 5) is 13.2. The SMILES string of the molecule is Cc1ccc(Sc2ccc3c(c2)CCCC3C2N3CN4CN(C3)CN2C4)cc1. The lowest BCUT2D eigenvalue weighted by molar-refractivity contribution is -0.237. The lowest BCUT2D eigenvalue weighted by Crippen LogP contribution is -2.76. The molecular weight excluding hydrogens is 364 g/mol. The standard InChI is InChI=1S/C23H28N4S/c1-17-5-7-19(8-6-17)28-20-9-10-21-18(11-20)3-2-4-22(21)23-26-13-24-12-25(15-26)16-27(23)14-24/h5-11,22-23H,2-4,12-16H2,1H3. The highest BCUT2D eigenvalue weighted by Crippen LogP contribution is 2.42. The largest absolute Gasteiger partial charge is 0.264 e. The number of hydrogen-bond acceptors (Lipinski definition) is 5. The molecule has 4 fully saturated rings. The molecule has 0 radical (unpaired) electrons. The lowest BCUT2D eigenvalue weighted by Gasteiger charge is -2.62. The van der Waals surface area contributed by atoms with E-state index in [-0.39, 0.29) is 0 Å². The van der Waals surface area contributed by atoms with Crippen LogP contribution < -0.4 is 0 Å². The van der Waals surface area contributed by atoms with Crippen LogP contribution >= 0.6 is 11.8 Å². The van der Waals surface area contributed by atoms with Crippen LogP contribution in [0.2, 0.25) is 0 Å². The predicted octanol–water partition coefficient (Wildman–Crippen LogP) is 3.93. The molecule has 0 N–H and O–H groups in total. The van der Waals surface area contributed by atoms with Crippen molar-refractivity contribution in [3.05, 3.63) is 59.2 Å². The zero-order valence-corrected chi connectivity index (χ0v) is 17.4. The summed E-state index contributed by atoms with van der Waals surface area (Å²) in [6.07, 6.45) is 4.47. The Kier molecular flexibility index (Phi) is 4.28. The first-order valence-electron chi connectivity index (χ1n) is 10.5. The topological polar surface area (TPSA) is 13.0 Å². The maximum Gasteiger partial charge on any atom is 0.0736 e. The average molecular weight is 393 g/mol. The molecule has 0 saturated carbocycles. The van der Waals surface area contributed by atoms with Crippen LogP contribution in [0.5, 0.6) is 0 Å². The fourth-order valence-electron chi connectivity index (χ4n) is 5.69. The third kappa shape index (κ3) is 3.01. The van der Waals surface area contributed by atoms with E-state index in [9.17, 15) is 0 Å². The van der Waals surface area contributed by atoms with E-state index < -0.39 is 0 Å².